The fourth-order valence-corrected chi connectivity index (χ4v) is 5.13. The Kier molecular flexibility index (Phi) is 9.99. The van der Waals surface area contributed by atoms with E-state index in [1.807, 2.05) is 0 Å². The molecule has 0 bridgehead atoms. The minimum Gasteiger partial charge on any atom is -0.488 e. The van der Waals surface area contributed by atoms with Crippen LogP contribution in [0.4, 0.5) is 16.2 Å². The van der Waals surface area contributed by atoms with Gasteiger partial charge in [0.15, 0.2) is 0 Å². The van der Waals surface area contributed by atoms with Crippen LogP contribution in [-0.4, -0.2) is 46.0 Å². The van der Waals surface area contributed by atoms with Crippen molar-refractivity contribution < 1.29 is 33.6 Å². The number of hydrogen-bond donors (Lipinski definition) is 1. The normalized spacial score (nSPS) is 13.8. The van der Waals surface area contributed by atoms with Gasteiger partial charge in [0.2, 0.25) is 5.91 Å². The molecule has 0 unspecified atom stereocenters. The van der Waals surface area contributed by atoms with E-state index in [4.69, 9.17) is 21.1 Å². The van der Waals surface area contributed by atoms with Crippen LogP contribution in [0, 0.1) is 10.1 Å². The lowest BCUT2D eigenvalue weighted by atomic mass is 10.1. The zero-order valence-corrected chi connectivity index (χ0v) is 25.0. The third kappa shape index (κ3) is 7.55. The number of nitro benzene ring substituents is 1. The van der Waals surface area contributed by atoms with E-state index in [2.05, 4.69) is 21.2 Å². The average molecular weight is 675 g/mol. The molecule has 3 amide bonds. The first-order valence-corrected chi connectivity index (χ1v) is 14.2. The Balaban J connectivity index is 1.45. The van der Waals surface area contributed by atoms with E-state index in [1.54, 1.807) is 37.3 Å². The number of nitrogens with one attached hydrogen (secondary N) is 1. The molecule has 1 heterocycles. The highest BCUT2D eigenvalue weighted by molar-refractivity contribution is 9.10. The summed E-state index contributed by atoms with van der Waals surface area (Å²) in [4.78, 5) is 61.8. The minimum atomic E-state index is -0.662. The van der Waals surface area contributed by atoms with Gasteiger partial charge in [-0.05, 0) is 78.9 Å². The van der Waals surface area contributed by atoms with E-state index in [0.29, 0.717) is 33.1 Å². The maximum Gasteiger partial charge on any atom is 0.339 e. The number of hydrogen-bond acceptors (Lipinski definition) is 9. The van der Waals surface area contributed by atoms with Gasteiger partial charge in [0, 0.05) is 27.9 Å². The number of rotatable bonds is 10. The quantitative estimate of drug-likeness (QED) is 0.111. The summed E-state index contributed by atoms with van der Waals surface area (Å²) < 4.78 is 11.5. The van der Waals surface area contributed by atoms with Crippen LogP contribution in [0.5, 0.6) is 5.75 Å². The third-order valence-corrected chi connectivity index (χ3v) is 7.45. The van der Waals surface area contributed by atoms with Crippen LogP contribution in [0.25, 0.3) is 6.08 Å². The Morgan fingerprint density at radius 2 is 1.86 bits per heavy atom. The molecule has 3 aromatic carbocycles. The van der Waals surface area contributed by atoms with Crippen molar-refractivity contribution in [3.63, 3.8) is 0 Å². The molecule has 1 aliphatic rings. The molecule has 3 aromatic rings. The van der Waals surface area contributed by atoms with Gasteiger partial charge in [0.05, 0.1) is 27.0 Å². The number of carbonyl (C=O) groups excluding carboxylic acids is 4. The summed E-state index contributed by atoms with van der Waals surface area (Å²) in [6.45, 7) is 1.34. The SMILES string of the molecule is CCOC(=O)c1cc(NC(=O)CN2C(=O)S/C(=C\c3cc(Br)ccc3OCc3ccc([N+](=O)[O-])cc3)C2=O)ccc1Cl. The van der Waals surface area contributed by atoms with Gasteiger partial charge >= 0.3 is 5.97 Å². The van der Waals surface area contributed by atoms with Crippen molar-refractivity contribution in [3.8, 4) is 5.75 Å². The summed E-state index contributed by atoms with van der Waals surface area (Å²) in [5, 5.41) is 12.9. The Morgan fingerprint density at radius 3 is 2.55 bits per heavy atom. The smallest absolute Gasteiger partial charge is 0.339 e. The number of imide groups is 1. The molecule has 0 aliphatic carbocycles. The number of anilines is 1. The Bertz CT molecular complexity index is 1610. The first kappa shape index (κ1) is 30.8. The van der Waals surface area contributed by atoms with E-state index in [-0.39, 0.29) is 40.1 Å². The van der Waals surface area contributed by atoms with Gasteiger partial charge in [-0.15, -0.1) is 0 Å². The molecule has 1 N–H and O–H groups in total. The Hall–Kier alpha value is -4.20. The molecule has 4 rings (SSSR count). The summed E-state index contributed by atoms with van der Waals surface area (Å²) >= 11 is 10.1. The van der Waals surface area contributed by atoms with Crippen molar-refractivity contribution in [3.05, 3.63) is 102 Å². The van der Waals surface area contributed by atoms with Crippen molar-refractivity contribution in [2.45, 2.75) is 13.5 Å². The summed E-state index contributed by atoms with van der Waals surface area (Å²) in [6, 6.07) is 15.3. The van der Waals surface area contributed by atoms with E-state index >= 15 is 0 Å². The maximum atomic E-state index is 13.1. The largest absolute Gasteiger partial charge is 0.488 e. The molecular weight excluding hydrogens is 654 g/mol. The molecule has 0 radical (unpaired) electrons. The summed E-state index contributed by atoms with van der Waals surface area (Å²) in [7, 11) is 0. The number of non-ortho nitro benzene ring substituents is 1. The molecule has 1 fully saturated rings. The number of nitrogens with zero attached hydrogens (tertiary/aromatic N) is 2. The second-order valence-corrected chi connectivity index (χ2v) is 10.9. The number of halogens is 2. The summed E-state index contributed by atoms with van der Waals surface area (Å²) in [5.41, 5.74) is 1.44. The summed E-state index contributed by atoms with van der Waals surface area (Å²) in [6.07, 6.45) is 1.49. The fourth-order valence-electron chi connectivity index (χ4n) is 3.73. The fraction of sp³-hybridized carbons (Fsp3) is 0.143. The van der Waals surface area contributed by atoms with Crippen molar-refractivity contribution in [2.75, 3.05) is 18.5 Å². The lowest BCUT2D eigenvalue weighted by Crippen LogP contribution is -2.36. The summed E-state index contributed by atoms with van der Waals surface area (Å²) in [5.74, 6) is -1.57. The Morgan fingerprint density at radius 1 is 1.12 bits per heavy atom. The molecule has 0 atom stereocenters. The van der Waals surface area contributed by atoms with Crippen LogP contribution < -0.4 is 10.1 Å². The Labute approximate surface area is 257 Å². The van der Waals surface area contributed by atoms with Crippen molar-refractivity contribution >= 4 is 79.8 Å². The van der Waals surface area contributed by atoms with Gasteiger partial charge in [0.1, 0.15) is 18.9 Å². The zero-order valence-electron chi connectivity index (χ0n) is 21.8. The molecule has 0 aromatic heterocycles. The van der Waals surface area contributed by atoms with Crippen LogP contribution >= 0.6 is 39.3 Å². The number of ether oxygens (including phenoxy) is 2. The molecule has 14 heteroatoms. The number of carbonyl (C=O) groups is 4. The standard InChI is InChI=1S/C28H21BrClN3O8S/c1-2-40-27(36)21-13-19(6-9-22(21)30)31-25(34)14-32-26(35)24(42-28(32)37)12-17-11-18(29)5-10-23(17)41-15-16-3-7-20(8-4-16)33(38)39/h3-13H,2,14-15H2,1H3,(H,31,34)/b24-12-. The molecule has 11 nitrogen and oxygen atoms in total. The average Bonchev–Trinajstić information content (AvgIpc) is 3.21. The van der Waals surface area contributed by atoms with Gasteiger partial charge in [-0.2, -0.15) is 0 Å². The predicted octanol–water partition coefficient (Wildman–Crippen LogP) is 6.44. The van der Waals surface area contributed by atoms with Crippen LogP contribution in [0.2, 0.25) is 5.02 Å². The molecule has 42 heavy (non-hydrogen) atoms. The van der Waals surface area contributed by atoms with Gasteiger partial charge in [-0.1, -0.05) is 27.5 Å². The number of amides is 3. The molecular formula is C28H21BrClN3O8S. The van der Waals surface area contributed by atoms with E-state index in [0.717, 1.165) is 4.90 Å². The highest BCUT2D eigenvalue weighted by atomic mass is 79.9. The lowest BCUT2D eigenvalue weighted by molar-refractivity contribution is -0.384. The van der Waals surface area contributed by atoms with Gasteiger partial charge in [-0.3, -0.25) is 29.4 Å². The predicted molar refractivity (Wildman–Crippen MR) is 160 cm³/mol. The number of benzene rings is 3. The topological polar surface area (TPSA) is 145 Å². The van der Waals surface area contributed by atoms with E-state index in [9.17, 15) is 29.3 Å². The first-order chi connectivity index (χ1) is 20.0. The van der Waals surface area contributed by atoms with E-state index in [1.165, 1.54) is 36.4 Å². The van der Waals surface area contributed by atoms with Crippen LogP contribution in [0.1, 0.15) is 28.4 Å². The number of esters is 1. The monoisotopic (exact) mass is 673 g/mol. The van der Waals surface area contributed by atoms with Crippen molar-refractivity contribution in [1.29, 1.82) is 0 Å². The lowest BCUT2D eigenvalue weighted by Gasteiger charge is -2.13. The van der Waals surface area contributed by atoms with Gasteiger partial charge in [0.25, 0.3) is 16.8 Å². The first-order valence-electron chi connectivity index (χ1n) is 12.2. The van der Waals surface area contributed by atoms with Crippen LogP contribution in [-0.2, 0) is 20.9 Å². The van der Waals surface area contributed by atoms with E-state index < -0.39 is 34.5 Å². The maximum absolute atomic E-state index is 13.1. The number of nitro groups is 1. The van der Waals surface area contributed by atoms with Crippen LogP contribution in [0.15, 0.2) is 70.0 Å². The molecule has 1 saturated heterocycles. The number of thioether (sulfide) groups is 1. The van der Waals surface area contributed by atoms with Gasteiger partial charge < -0.3 is 14.8 Å². The molecule has 216 valence electrons. The van der Waals surface area contributed by atoms with Crippen LogP contribution in [0.3, 0.4) is 0 Å². The second kappa shape index (κ2) is 13.6. The highest BCUT2D eigenvalue weighted by Gasteiger charge is 2.36. The second-order valence-electron chi connectivity index (χ2n) is 8.63. The van der Waals surface area contributed by atoms with Crippen molar-refractivity contribution in [1.82, 2.24) is 4.90 Å². The zero-order chi connectivity index (χ0) is 30.4. The molecule has 1 aliphatic heterocycles. The third-order valence-electron chi connectivity index (χ3n) is 5.72. The molecule has 0 saturated carbocycles. The van der Waals surface area contributed by atoms with Crippen molar-refractivity contribution in [2.24, 2.45) is 0 Å². The highest BCUT2D eigenvalue weighted by Crippen LogP contribution is 2.35. The minimum absolute atomic E-state index is 0.0397. The molecule has 0 spiro atoms. The van der Waals surface area contributed by atoms with Gasteiger partial charge in [-0.25, -0.2) is 4.79 Å².